The van der Waals surface area contributed by atoms with E-state index in [0.717, 1.165) is 25.7 Å². The summed E-state index contributed by atoms with van der Waals surface area (Å²) in [6, 6.07) is 0. The summed E-state index contributed by atoms with van der Waals surface area (Å²) < 4.78 is 96.9. The molecular formula is C74H114O39. The van der Waals surface area contributed by atoms with Gasteiger partial charge in [-0.25, -0.2) is 4.79 Å². The summed E-state index contributed by atoms with van der Waals surface area (Å²) in [6.07, 6.45) is -59.7. The summed E-state index contributed by atoms with van der Waals surface area (Å²) in [5.41, 5.74) is -5.40. The third-order valence-corrected chi connectivity index (χ3v) is 27.4. The lowest BCUT2D eigenvalue weighted by Crippen LogP contribution is -2.70. The van der Waals surface area contributed by atoms with Crippen LogP contribution in [0.15, 0.2) is 11.6 Å². The van der Waals surface area contributed by atoms with E-state index < -0.39 is 310 Å². The SMILES string of the molecule is CC(=O)OCC1OC(OC2C(OC(C)=O)C(C)OC(OC(=O)C34CCC(C)(C)CC3C3=CCC5C6(C)CCC(OC7OC(C(=O)O)C(O)C(OC8OCC(O)C(O)C8O)C7OC7OC(CO)C(O)C(O)C7O)C(C)(C=O)C6CCC5(C)C3(C)CC4O)C2OC2OC(C)C(OC3OCC(O)C(O)C3O)C(O)C2O)C(O)C(O)C1O. The number of esters is 3. The summed E-state index contributed by atoms with van der Waals surface area (Å²) in [6.45, 7) is 14.2. The quantitative estimate of drug-likeness (QED) is 0.0177. The molecule has 0 radical (unpaired) electrons. The molecule has 7 saturated heterocycles. The van der Waals surface area contributed by atoms with E-state index in [2.05, 4.69) is 26.8 Å². The molecule has 113 heavy (non-hydrogen) atoms. The summed E-state index contributed by atoms with van der Waals surface area (Å²) in [5.74, 6) is -6.15. The van der Waals surface area contributed by atoms with Crippen LogP contribution in [0.3, 0.4) is 0 Å². The van der Waals surface area contributed by atoms with Crippen molar-refractivity contribution >= 4 is 30.2 Å². The van der Waals surface area contributed by atoms with E-state index in [4.69, 9.17) is 75.8 Å². The Morgan fingerprint density at radius 2 is 1.02 bits per heavy atom. The zero-order valence-electron chi connectivity index (χ0n) is 64.4. The number of aliphatic hydroxyl groups excluding tert-OH is 17. The molecule has 18 N–H and O–H groups in total. The van der Waals surface area contributed by atoms with Crippen LogP contribution in [0.5, 0.6) is 0 Å². The standard InChI is InChI=1S/C74H114O39/c1-26-53(107-61-47(89)40(82)32(79)22-99-61)46(88)51(93)63(101-26)112-59-57(110-65-50(92)45(87)43(85)35(105-65)24-98-28(3)77)54(103-29(4)78)27(2)102-66(59)113-68(97)74-18-17-69(5,6)19-31(74)30-11-12-37-70(7)15-14-39(71(8,25-76)36(70)13-16-72(37,9)73(30,10)20-38(74)81)106-67-58(111-64-49(91)44(86)42(84)34(21-75)104-64)55(52(94)56(109-67)60(95)96)108-62-48(90)41(83)33(80)23-100-62/h11,25-27,31-59,61-67,75,79-94H,12-24H2,1-10H3,(H,95,96). The normalized spacial score (nSPS) is 52.5. The van der Waals surface area contributed by atoms with Crippen LogP contribution in [-0.2, 0) is 99.8 Å². The van der Waals surface area contributed by atoms with Crippen LogP contribution in [0, 0.1) is 50.2 Å². The Labute approximate surface area is 650 Å². The highest BCUT2D eigenvalue weighted by molar-refractivity contribution is 5.80. The Morgan fingerprint density at radius 1 is 0.496 bits per heavy atom. The minimum atomic E-state index is -2.25. The first-order valence-corrected chi connectivity index (χ1v) is 38.8. The zero-order chi connectivity index (χ0) is 82.7. The van der Waals surface area contributed by atoms with Gasteiger partial charge in [-0.2, -0.15) is 0 Å². The number of carbonyl (C=O) groups excluding carboxylic acids is 4. The molecule has 7 aliphatic heterocycles. The van der Waals surface area contributed by atoms with Gasteiger partial charge in [-0.3, -0.25) is 14.4 Å². The van der Waals surface area contributed by atoms with Crippen molar-refractivity contribution in [2.75, 3.05) is 26.4 Å². The van der Waals surface area contributed by atoms with Crippen LogP contribution < -0.4 is 0 Å². The molecule has 5 aliphatic carbocycles. The van der Waals surface area contributed by atoms with Crippen LogP contribution in [-0.4, -0.2) is 363 Å². The number of carbonyl (C=O) groups is 5. The Morgan fingerprint density at radius 3 is 1.59 bits per heavy atom. The van der Waals surface area contributed by atoms with Crippen molar-refractivity contribution in [2.45, 2.75) is 342 Å². The van der Waals surface area contributed by atoms with Crippen molar-refractivity contribution < 1.29 is 192 Å². The minimum absolute atomic E-state index is 0.0274. The number of aliphatic hydroxyl groups is 17. The Bertz CT molecular complexity index is 3390. The molecule has 12 rings (SSSR count). The van der Waals surface area contributed by atoms with Crippen molar-refractivity contribution in [3.05, 3.63) is 11.6 Å². The van der Waals surface area contributed by atoms with Crippen LogP contribution in [0.25, 0.3) is 0 Å². The number of ether oxygens (including phenoxy) is 16. The van der Waals surface area contributed by atoms with Crippen LogP contribution in [0.1, 0.15) is 127 Å². The van der Waals surface area contributed by atoms with E-state index >= 15 is 4.79 Å². The van der Waals surface area contributed by atoms with Gasteiger partial charge in [0.1, 0.15) is 146 Å². The molecule has 0 amide bonds. The summed E-state index contributed by atoms with van der Waals surface area (Å²) in [4.78, 5) is 69.0. The molecule has 644 valence electrons. The second-order valence-electron chi connectivity index (χ2n) is 34.8. The molecule has 0 aromatic rings. The molecule has 43 atom stereocenters. The average Bonchev–Trinajstić information content (AvgIpc) is 0.669. The first kappa shape index (κ1) is 88.4. The van der Waals surface area contributed by atoms with E-state index in [-0.39, 0.29) is 25.2 Å². The van der Waals surface area contributed by atoms with Gasteiger partial charge in [-0.15, -0.1) is 0 Å². The highest BCUT2D eigenvalue weighted by atomic mass is 16.8. The lowest BCUT2D eigenvalue weighted by atomic mass is 9.33. The van der Waals surface area contributed by atoms with Crippen LogP contribution in [0.2, 0.25) is 0 Å². The number of aliphatic carboxylic acids is 1. The summed E-state index contributed by atoms with van der Waals surface area (Å²) in [7, 11) is 0. The molecule has 39 nitrogen and oxygen atoms in total. The number of rotatable bonds is 20. The minimum Gasteiger partial charge on any atom is -0.479 e. The monoisotopic (exact) mass is 1630 g/mol. The van der Waals surface area contributed by atoms with Gasteiger partial charge >= 0.3 is 23.9 Å². The Hall–Kier alpha value is -3.91. The highest BCUT2D eigenvalue weighted by Crippen LogP contribution is 2.76. The zero-order valence-corrected chi connectivity index (χ0v) is 64.4. The number of carboxylic acids is 1. The molecule has 11 fully saturated rings. The fourth-order valence-corrected chi connectivity index (χ4v) is 20.8. The first-order chi connectivity index (χ1) is 52.9. The van der Waals surface area contributed by atoms with Crippen molar-refractivity contribution in [2.24, 2.45) is 50.2 Å². The maximum Gasteiger partial charge on any atom is 0.335 e. The average molecular weight is 1630 g/mol. The molecule has 0 aromatic carbocycles. The third-order valence-electron chi connectivity index (χ3n) is 27.4. The molecule has 39 heteroatoms. The van der Waals surface area contributed by atoms with E-state index in [9.17, 15) is 111 Å². The van der Waals surface area contributed by atoms with Gasteiger partial charge in [-0.1, -0.05) is 53.2 Å². The first-order valence-electron chi connectivity index (χ1n) is 38.8. The second kappa shape index (κ2) is 33.6. The van der Waals surface area contributed by atoms with Crippen molar-refractivity contribution in [3.8, 4) is 0 Å². The third kappa shape index (κ3) is 15.8. The molecule has 4 saturated carbocycles. The molecular weight excluding hydrogens is 1510 g/mol. The summed E-state index contributed by atoms with van der Waals surface area (Å²) >= 11 is 0. The van der Waals surface area contributed by atoms with Gasteiger partial charge in [0, 0.05) is 13.8 Å². The molecule has 0 spiro atoms. The lowest BCUT2D eigenvalue weighted by Gasteiger charge is -2.71. The maximum atomic E-state index is 16.3. The number of carboxylic acid groups (broad SMARTS) is 1. The van der Waals surface area contributed by atoms with Gasteiger partial charge in [-0.05, 0) is 111 Å². The van der Waals surface area contributed by atoms with E-state index in [0.29, 0.717) is 38.5 Å². The molecule has 7 heterocycles. The van der Waals surface area contributed by atoms with E-state index in [1.165, 1.54) is 13.8 Å². The number of hydrogen-bond donors (Lipinski definition) is 18. The number of aldehydes is 1. The van der Waals surface area contributed by atoms with Gasteiger partial charge in [0.05, 0.1) is 49.7 Å². The smallest absolute Gasteiger partial charge is 0.335 e. The predicted octanol–water partition coefficient (Wildman–Crippen LogP) is -5.85. The largest absolute Gasteiger partial charge is 0.479 e. The maximum absolute atomic E-state index is 16.3. The number of fused-ring (bicyclic) bond motifs is 7. The van der Waals surface area contributed by atoms with E-state index in [1.54, 1.807) is 6.92 Å². The fraction of sp³-hybridized carbons (Fsp3) is 0.905. The number of hydrogen-bond acceptors (Lipinski definition) is 38. The Balaban J connectivity index is 0.855. The van der Waals surface area contributed by atoms with Crippen molar-refractivity contribution in [3.63, 3.8) is 0 Å². The number of allylic oxidation sites excluding steroid dienone is 2. The van der Waals surface area contributed by atoms with Crippen molar-refractivity contribution in [1.29, 1.82) is 0 Å². The van der Waals surface area contributed by atoms with Crippen LogP contribution in [0.4, 0.5) is 0 Å². The lowest BCUT2D eigenvalue weighted by molar-refractivity contribution is -0.392. The predicted molar refractivity (Wildman–Crippen MR) is 367 cm³/mol. The van der Waals surface area contributed by atoms with Crippen molar-refractivity contribution in [1.82, 2.24) is 0 Å². The molecule has 12 aliphatic rings. The van der Waals surface area contributed by atoms with E-state index in [1.807, 2.05) is 13.8 Å². The Kier molecular flexibility index (Phi) is 26.3. The topological polar surface area (TPSA) is 597 Å². The second-order valence-corrected chi connectivity index (χ2v) is 34.8. The molecule has 0 aromatic heterocycles. The van der Waals surface area contributed by atoms with Gasteiger partial charge in [0.25, 0.3) is 0 Å². The highest BCUT2D eigenvalue weighted by Gasteiger charge is 2.73. The van der Waals surface area contributed by atoms with Crippen LogP contribution >= 0.6 is 0 Å². The summed E-state index contributed by atoms with van der Waals surface area (Å²) in [5, 5.41) is 200. The van der Waals surface area contributed by atoms with Gasteiger partial charge in [0.15, 0.2) is 56.1 Å². The fourth-order valence-electron chi connectivity index (χ4n) is 20.8. The molecule has 43 unspecified atom stereocenters. The van der Waals surface area contributed by atoms with Gasteiger partial charge < -0.3 is 173 Å². The van der Waals surface area contributed by atoms with Gasteiger partial charge in [0.2, 0.25) is 6.29 Å². The molecule has 0 bridgehead atoms.